The van der Waals surface area contributed by atoms with E-state index in [1.54, 1.807) is 0 Å². The Kier molecular flexibility index (Phi) is 7.25. The Balaban J connectivity index is 2.38. The molecule has 0 aromatic carbocycles. The summed E-state index contributed by atoms with van der Waals surface area (Å²) in [5, 5.41) is 4.05. The van der Waals surface area contributed by atoms with Crippen molar-refractivity contribution in [2.75, 3.05) is 19.8 Å². The maximum absolute atomic E-state index is 11.8. The molecular formula is C14H25N3O3. The highest BCUT2D eigenvalue weighted by atomic mass is 16.5. The van der Waals surface area contributed by atoms with Crippen molar-refractivity contribution >= 4 is 0 Å². The molecule has 0 fully saturated rings. The first kappa shape index (κ1) is 16.7. The van der Waals surface area contributed by atoms with Gasteiger partial charge in [-0.2, -0.15) is 5.10 Å². The highest BCUT2D eigenvalue weighted by molar-refractivity contribution is 5.13. The maximum Gasteiger partial charge on any atom is 0.270 e. The second kappa shape index (κ2) is 8.71. The number of nitrogens with zero attached hydrogens (tertiary/aromatic N) is 2. The standard InChI is InChI=1S/C14H25N3O3/c1-11(2)4-6-19-7-5-17-14(18)8-13(9-16-17)20-10-12(3)15/h8-9,11-12H,4-7,10,15H2,1-3H3. The largest absolute Gasteiger partial charge is 0.490 e. The lowest BCUT2D eigenvalue weighted by atomic mass is 10.1. The van der Waals surface area contributed by atoms with Crippen LogP contribution in [0.3, 0.4) is 0 Å². The van der Waals surface area contributed by atoms with E-state index in [2.05, 4.69) is 18.9 Å². The molecule has 1 unspecified atom stereocenters. The van der Waals surface area contributed by atoms with Gasteiger partial charge < -0.3 is 15.2 Å². The van der Waals surface area contributed by atoms with E-state index in [-0.39, 0.29) is 11.6 Å². The van der Waals surface area contributed by atoms with Gasteiger partial charge in [-0.15, -0.1) is 0 Å². The Bertz CT molecular complexity index is 444. The van der Waals surface area contributed by atoms with Gasteiger partial charge in [0.1, 0.15) is 12.4 Å². The van der Waals surface area contributed by atoms with Crippen molar-refractivity contribution in [1.29, 1.82) is 0 Å². The summed E-state index contributed by atoms with van der Waals surface area (Å²) in [6.07, 6.45) is 2.55. The Morgan fingerprint density at radius 3 is 2.70 bits per heavy atom. The zero-order valence-electron chi connectivity index (χ0n) is 12.5. The second-order valence-electron chi connectivity index (χ2n) is 5.34. The lowest BCUT2D eigenvalue weighted by molar-refractivity contribution is 0.113. The monoisotopic (exact) mass is 283 g/mol. The number of ether oxygens (including phenoxy) is 2. The molecule has 1 rings (SSSR count). The van der Waals surface area contributed by atoms with Crippen LogP contribution >= 0.6 is 0 Å². The van der Waals surface area contributed by atoms with Gasteiger partial charge in [-0.25, -0.2) is 4.68 Å². The number of hydrogen-bond acceptors (Lipinski definition) is 5. The molecule has 114 valence electrons. The Morgan fingerprint density at radius 1 is 1.35 bits per heavy atom. The molecule has 1 atom stereocenters. The van der Waals surface area contributed by atoms with Gasteiger partial charge >= 0.3 is 0 Å². The van der Waals surface area contributed by atoms with E-state index in [1.807, 2.05) is 6.92 Å². The summed E-state index contributed by atoms with van der Waals surface area (Å²) in [5.41, 5.74) is 5.38. The highest BCUT2D eigenvalue weighted by Crippen LogP contribution is 2.03. The number of aromatic nitrogens is 2. The third kappa shape index (κ3) is 6.68. The SMILES string of the molecule is CC(C)CCOCCn1ncc(OCC(C)N)cc1=O. The summed E-state index contributed by atoms with van der Waals surface area (Å²) in [4.78, 5) is 11.8. The third-order valence-corrected chi connectivity index (χ3v) is 2.64. The van der Waals surface area contributed by atoms with Crippen molar-refractivity contribution in [3.8, 4) is 5.75 Å². The molecule has 0 aliphatic carbocycles. The highest BCUT2D eigenvalue weighted by Gasteiger charge is 2.03. The topological polar surface area (TPSA) is 79.4 Å². The van der Waals surface area contributed by atoms with Crippen molar-refractivity contribution in [1.82, 2.24) is 9.78 Å². The molecule has 0 bridgehead atoms. The van der Waals surface area contributed by atoms with Crippen LogP contribution in [-0.4, -0.2) is 35.6 Å². The van der Waals surface area contributed by atoms with Crippen LogP contribution in [0.4, 0.5) is 0 Å². The predicted octanol–water partition coefficient (Wildman–Crippen LogP) is 1.03. The smallest absolute Gasteiger partial charge is 0.270 e. The molecule has 6 heteroatoms. The van der Waals surface area contributed by atoms with Crippen molar-refractivity contribution in [3.63, 3.8) is 0 Å². The number of hydrogen-bond donors (Lipinski definition) is 1. The Morgan fingerprint density at radius 2 is 2.10 bits per heavy atom. The van der Waals surface area contributed by atoms with Crippen molar-refractivity contribution in [3.05, 3.63) is 22.6 Å². The fourth-order valence-corrected chi connectivity index (χ4v) is 1.46. The summed E-state index contributed by atoms with van der Waals surface area (Å²) in [5.74, 6) is 1.07. The first-order valence-corrected chi connectivity index (χ1v) is 7.02. The summed E-state index contributed by atoms with van der Waals surface area (Å²) >= 11 is 0. The van der Waals surface area contributed by atoms with Crippen molar-refractivity contribution in [2.45, 2.75) is 39.8 Å². The fourth-order valence-electron chi connectivity index (χ4n) is 1.46. The second-order valence-corrected chi connectivity index (χ2v) is 5.34. The van der Waals surface area contributed by atoms with Gasteiger partial charge in [0.2, 0.25) is 0 Å². The quantitative estimate of drug-likeness (QED) is 0.685. The molecule has 0 aliphatic heterocycles. The van der Waals surface area contributed by atoms with Gasteiger partial charge in [0.05, 0.1) is 19.3 Å². The minimum Gasteiger partial charge on any atom is -0.490 e. The molecule has 1 aromatic rings. The fraction of sp³-hybridized carbons (Fsp3) is 0.714. The summed E-state index contributed by atoms with van der Waals surface area (Å²) in [6.45, 7) is 8.14. The molecule has 1 aromatic heterocycles. The summed E-state index contributed by atoms with van der Waals surface area (Å²) in [6, 6.07) is 1.34. The molecule has 6 nitrogen and oxygen atoms in total. The maximum atomic E-state index is 11.8. The minimum atomic E-state index is -0.195. The van der Waals surface area contributed by atoms with E-state index in [9.17, 15) is 4.79 Å². The third-order valence-electron chi connectivity index (χ3n) is 2.64. The van der Waals surface area contributed by atoms with Gasteiger partial charge in [-0.1, -0.05) is 13.8 Å². The van der Waals surface area contributed by atoms with Gasteiger partial charge in [-0.3, -0.25) is 4.79 Å². The molecule has 20 heavy (non-hydrogen) atoms. The summed E-state index contributed by atoms with van der Waals surface area (Å²) in [7, 11) is 0. The van der Waals surface area contributed by atoms with Crippen LogP contribution in [0.15, 0.2) is 17.1 Å². The molecular weight excluding hydrogens is 258 g/mol. The molecule has 0 radical (unpaired) electrons. The lowest BCUT2D eigenvalue weighted by Crippen LogP contribution is -2.26. The van der Waals surface area contributed by atoms with E-state index in [0.717, 1.165) is 6.42 Å². The van der Waals surface area contributed by atoms with Crippen LogP contribution in [0.5, 0.6) is 5.75 Å². The van der Waals surface area contributed by atoms with Gasteiger partial charge in [-0.05, 0) is 19.3 Å². The van der Waals surface area contributed by atoms with Crippen LogP contribution < -0.4 is 16.0 Å². The number of nitrogens with two attached hydrogens (primary N) is 1. The summed E-state index contributed by atoms with van der Waals surface area (Å²) < 4.78 is 12.2. The van der Waals surface area contributed by atoms with E-state index in [0.29, 0.717) is 38.0 Å². The first-order valence-electron chi connectivity index (χ1n) is 7.02. The molecule has 2 N–H and O–H groups in total. The van der Waals surface area contributed by atoms with E-state index in [4.69, 9.17) is 15.2 Å². The van der Waals surface area contributed by atoms with Crippen LogP contribution in [0.2, 0.25) is 0 Å². The average Bonchev–Trinajstić information content (AvgIpc) is 2.37. The molecule has 0 saturated carbocycles. The lowest BCUT2D eigenvalue weighted by Gasteiger charge is -2.10. The Labute approximate surface area is 119 Å². The molecule has 0 amide bonds. The van der Waals surface area contributed by atoms with Crippen LogP contribution in [0.25, 0.3) is 0 Å². The van der Waals surface area contributed by atoms with Gasteiger partial charge in [0, 0.05) is 18.7 Å². The molecule has 0 aliphatic rings. The van der Waals surface area contributed by atoms with Crippen LogP contribution in [0.1, 0.15) is 27.2 Å². The van der Waals surface area contributed by atoms with E-state index < -0.39 is 0 Å². The van der Waals surface area contributed by atoms with Crippen LogP contribution in [0, 0.1) is 5.92 Å². The van der Waals surface area contributed by atoms with Crippen molar-refractivity contribution < 1.29 is 9.47 Å². The van der Waals surface area contributed by atoms with E-state index >= 15 is 0 Å². The predicted molar refractivity (Wildman–Crippen MR) is 77.9 cm³/mol. The molecule has 0 spiro atoms. The van der Waals surface area contributed by atoms with Crippen molar-refractivity contribution in [2.24, 2.45) is 11.7 Å². The zero-order chi connectivity index (χ0) is 15.0. The normalized spacial score (nSPS) is 12.7. The van der Waals surface area contributed by atoms with Gasteiger partial charge in [0.25, 0.3) is 5.56 Å². The van der Waals surface area contributed by atoms with Crippen LogP contribution in [-0.2, 0) is 11.3 Å². The zero-order valence-corrected chi connectivity index (χ0v) is 12.5. The van der Waals surface area contributed by atoms with Gasteiger partial charge in [0.15, 0.2) is 0 Å². The minimum absolute atomic E-state index is 0.0770. The number of rotatable bonds is 9. The molecule has 0 saturated heterocycles. The molecule has 1 heterocycles. The average molecular weight is 283 g/mol. The first-order chi connectivity index (χ1) is 9.49. The van der Waals surface area contributed by atoms with E-state index in [1.165, 1.54) is 16.9 Å². The Hall–Kier alpha value is -1.40.